The topological polar surface area (TPSA) is 119 Å². The van der Waals surface area contributed by atoms with Gasteiger partial charge in [-0.3, -0.25) is 4.79 Å². The Kier molecular flexibility index (Phi) is 4.27. The average molecular weight is 245 g/mol. The van der Waals surface area contributed by atoms with Gasteiger partial charge in [-0.25, -0.2) is 9.59 Å². The fourth-order valence-corrected chi connectivity index (χ4v) is 1.62. The summed E-state index contributed by atoms with van der Waals surface area (Å²) >= 11 is 0. The number of hydrogen-bond acceptors (Lipinski definition) is 4. The fourth-order valence-electron chi connectivity index (χ4n) is 1.62. The minimum Gasteiger partial charge on any atom is -0.480 e. The van der Waals surface area contributed by atoms with Crippen LogP contribution >= 0.6 is 0 Å². The molecule has 0 radical (unpaired) electrons. The molecule has 3 amide bonds. The summed E-state index contributed by atoms with van der Waals surface area (Å²) in [6.07, 6.45) is -0.843. The summed E-state index contributed by atoms with van der Waals surface area (Å²) in [7, 11) is 1.42. The number of urea groups is 1. The normalized spacial score (nSPS) is 23.3. The van der Waals surface area contributed by atoms with Gasteiger partial charge in [0.2, 0.25) is 5.91 Å². The van der Waals surface area contributed by atoms with E-state index in [4.69, 9.17) is 5.11 Å². The smallest absolute Gasteiger partial charge is 0.326 e. The molecule has 96 valence electrons. The molecule has 0 unspecified atom stereocenters. The number of aliphatic hydroxyl groups excluding tert-OH is 1. The van der Waals surface area contributed by atoms with Gasteiger partial charge < -0.3 is 25.7 Å². The number of hydrogen-bond donors (Lipinski definition) is 4. The Labute approximate surface area is 97.6 Å². The van der Waals surface area contributed by atoms with Crippen LogP contribution in [0.4, 0.5) is 4.79 Å². The van der Waals surface area contributed by atoms with Crippen LogP contribution in [0.15, 0.2) is 0 Å². The summed E-state index contributed by atoms with van der Waals surface area (Å²) in [5, 5.41) is 22.8. The van der Waals surface area contributed by atoms with Crippen molar-refractivity contribution in [1.82, 2.24) is 15.5 Å². The quantitative estimate of drug-likeness (QED) is 0.457. The highest BCUT2D eigenvalue weighted by Crippen LogP contribution is 2.17. The zero-order chi connectivity index (χ0) is 13.0. The van der Waals surface area contributed by atoms with E-state index >= 15 is 0 Å². The Bertz CT molecular complexity index is 333. The van der Waals surface area contributed by atoms with Crippen LogP contribution in [0.25, 0.3) is 0 Å². The molecule has 1 saturated heterocycles. The number of carbonyl (C=O) groups excluding carboxylic acids is 2. The van der Waals surface area contributed by atoms with Gasteiger partial charge >= 0.3 is 12.0 Å². The van der Waals surface area contributed by atoms with E-state index in [0.717, 1.165) is 4.90 Å². The second-order valence-electron chi connectivity index (χ2n) is 3.73. The highest BCUT2D eigenvalue weighted by Gasteiger charge is 2.38. The van der Waals surface area contributed by atoms with Crippen molar-refractivity contribution in [2.45, 2.75) is 18.6 Å². The number of carbonyl (C=O) groups is 3. The van der Waals surface area contributed by atoms with Crippen LogP contribution in [-0.4, -0.2) is 65.3 Å². The molecule has 0 aromatic rings. The average Bonchev–Trinajstić information content (AvgIpc) is 2.67. The van der Waals surface area contributed by atoms with Crippen molar-refractivity contribution in [2.75, 3.05) is 20.1 Å². The number of likely N-dealkylation sites (tertiary alicyclic amines) is 1. The van der Waals surface area contributed by atoms with E-state index in [0.29, 0.717) is 0 Å². The van der Waals surface area contributed by atoms with E-state index in [2.05, 4.69) is 10.6 Å². The predicted octanol–water partition coefficient (Wildman–Crippen LogP) is -2.04. The molecule has 0 aliphatic carbocycles. The van der Waals surface area contributed by atoms with Gasteiger partial charge in [0.05, 0.1) is 12.6 Å². The Balaban J connectivity index is 2.55. The summed E-state index contributed by atoms with van der Waals surface area (Å²) in [6, 6.07) is -1.72. The van der Waals surface area contributed by atoms with E-state index in [1.54, 1.807) is 0 Å². The van der Waals surface area contributed by atoms with Crippen LogP contribution in [0.5, 0.6) is 0 Å². The standard InChI is InChI=1S/C9H15N3O5/c1-10-7(14)3-11-9(17)12-4-5(13)2-6(12)8(15)16/h5-6,13H,2-4H2,1H3,(H,10,14)(H,11,17)(H,15,16)/t5-,6-/m1/s1. The highest BCUT2D eigenvalue weighted by atomic mass is 16.4. The first kappa shape index (κ1) is 13.2. The van der Waals surface area contributed by atoms with Crippen LogP contribution in [-0.2, 0) is 9.59 Å². The summed E-state index contributed by atoms with van der Waals surface area (Å²) in [4.78, 5) is 34.3. The Hall–Kier alpha value is -1.83. The highest BCUT2D eigenvalue weighted by molar-refractivity contribution is 5.87. The summed E-state index contributed by atoms with van der Waals surface area (Å²) < 4.78 is 0. The molecule has 0 aromatic heterocycles. The molecule has 0 bridgehead atoms. The molecule has 2 atom stereocenters. The second-order valence-corrected chi connectivity index (χ2v) is 3.73. The van der Waals surface area contributed by atoms with Gasteiger partial charge in [-0.05, 0) is 0 Å². The molecular weight excluding hydrogens is 230 g/mol. The van der Waals surface area contributed by atoms with Gasteiger partial charge in [0.15, 0.2) is 0 Å². The van der Waals surface area contributed by atoms with Crippen molar-refractivity contribution in [3.63, 3.8) is 0 Å². The molecule has 4 N–H and O–H groups in total. The second kappa shape index (κ2) is 5.48. The number of nitrogens with zero attached hydrogens (tertiary/aromatic N) is 1. The molecule has 1 fully saturated rings. The number of aliphatic carboxylic acids is 1. The van der Waals surface area contributed by atoms with Crippen molar-refractivity contribution < 1.29 is 24.6 Å². The van der Waals surface area contributed by atoms with Crippen molar-refractivity contribution in [3.05, 3.63) is 0 Å². The molecule has 1 rings (SSSR count). The molecule has 0 aromatic carbocycles. The number of likely N-dealkylation sites (N-methyl/N-ethyl adjacent to an activating group) is 1. The van der Waals surface area contributed by atoms with Crippen LogP contribution in [0, 0.1) is 0 Å². The van der Waals surface area contributed by atoms with Crippen LogP contribution in [0.2, 0.25) is 0 Å². The lowest BCUT2D eigenvalue weighted by molar-refractivity contribution is -0.141. The molecule has 1 heterocycles. The molecule has 17 heavy (non-hydrogen) atoms. The van der Waals surface area contributed by atoms with E-state index < -0.39 is 24.1 Å². The molecule has 1 aliphatic rings. The summed E-state index contributed by atoms with van der Waals surface area (Å²) in [6.45, 7) is -0.273. The van der Waals surface area contributed by atoms with E-state index in [9.17, 15) is 19.5 Å². The van der Waals surface area contributed by atoms with Crippen molar-refractivity contribution >= 4 is 17.9 Å². The number of carboxylic acid groups (broad SMARTS) is 1. The third-order valence-corrected chi connectivity index (χ3v) is 2.50. The van der Waals surface area contributed by atoms with Gasteiger partial charge in [-0.15, -0.1) is 0 Å². The Morgan fingerprint density at radius 2 is 2.06 bits per heavy atom. The third-order valence-electron chi connectivity index (χ3n) is 2.50. The van der Waals surface area contributed by atoms with E-state index in [1.165, 1.54) is 7.05 Å². The lowest BCUT2D eigenvalue weighted by Gasteiger charge is -2.21. The predicted molar refractivity (Wildman–Crippen MR) is 56.2 cm³/mol. The summed E-state index contributed by atoms with van der Waals surface area (Å²) in [5.74, 6) is -1.55. The first-order valence-electron chi connectivity index (χ1n) is 5.11. The molecule has 0 saturated carbocycles. The fraction of sp³-hybridized carbons (Fsp3) is 0.667. The number of β-amino-alcohol motifs (C(OH)–C–C–N with tert-alkyl or cyclic N) is 1. The monoisotopic (exact) mass is 245 g/mol. The van der Waals surface area contributed by atoms with E-state index in [-0.39, 0.29) is 25.4 Å². The van der Waals surface area contributed by atoms with Gasteiger partial charge in [0.25, 0.3) is 0 Å². The van der Waals surface area contributed by atoms with Crippen LogP contribution in [0.1, 0.15) is 6.42 Å². The molecule has 0 spiro atoms. The number of nitrogens with one attached hydrogen (secondary N) is 2. The van der Waals surface area contributed by atoms with E-state index in [1.807, 2.05) is 0 Å². The van der Waals surface area contributed by atoms with Gasteiger partial charge in [-0.1, -0.05) is 0 Å². The van der Waals surface area contributed by atoms with Crippen LogP contribution < -0.4 is 10.6 Å². The minimum absolute atomic E-state index is 0.00271. The first-order chi connectivity index (χ1) is 7.95. The zero-order valence-electron chi connectivity index (χ0n) is 9.34. The molecule has 1 aliphatic heterocycles. The number of aliphatic hydroxyl groups is 1. The van der Waals surface area contributed by atoms with Crippen LogP contribution in [0.3, 0.4) is 0 Å². The molecule has 8 nitrogen and oxygen atoms in total. The minimum atomic E-state index is -1.17. The lowest BCUT2D eigenvalue weighted by atomic mass is 10.2. The summed E-state index contributed by atoms with van der Waals surface area (Å²) in [5.41, 5.74) is 0. The lowest BCUT2D eigenvalue weighted by Crippen LogP contribution is -2.48. The van der Waals surface area contributed by atoms with Gasteiger partial charge in [0.1, 0.15) is 6.04 Å². The van der Waals surface area contributed by atoms with Gasteiger partial charge in [-0.2, -0.15) is 0 Å². The first-order valence-corrected chi connectivity index (χ1v) is 5.11. The molecule has 8 heteroatoms. The zero-order valence-corrected chi connectivity index (χ0v) is 9.34. The maximum atomic E-state index is 11.6. The maximum Gasteiger partial charge on any atom is 0.326 e. The SMILES string of the molecule is CNC(=O)CNC(=O)N1C[C@H](O)C[C@@H]1C(=O)O. The maximum absolute atomic E-state index is 11.6. The van der Waals surface area contributed by atoms with Gasteiger partial charge in [0, 0.05) is 20.0 Å². The number of rotatable bonds is 3. The third kappa shape index (κ3) is 3.31. The Morgan fingerprint density at radius 3 is 2.59 bits per heavy atom. The Morgan fingerprint density at radius 1 is 1.41 bits per heavy atom. The molecular formula is C9H15N3O5. The van der Waals surface area contributed by atoms with Crippen molar-refractivity contribution in [1.29, 1.82) is 0 Å². The number of carboxylic acids is 1. The van der Waals surface area contributed by atoms with Crippen molar-refractivity contribution in [3.8, 4) is 0 Å². The van der Waals surface area contributed by atoms with Crippen molar-refractivity contribution in [2.24, 2.45) is 0 Å². The largest absolute Gasteiger partial charge is 0.480 e. The number of amides is 3.